The van der Waals surface area contributed by atoms with Gasteiger partial charge in [0.15, 0.2) is 17.3 Å². The quantitative estimate of drug-likeness (QED) is 0.708. The summed E-state index contributed by atoms with van der Waals surface area (Å²) in [5.41, 5.74) is 2.53. The molecule has 4 aliphatic rings. The molecule has 5 rings (SSSR count). The average Bonchev–Trinajstić information content (AvgIpc) is 3.42. The first-order valence-corrected chi connectivity index (χ1v) is 11.0. The maximum absolute atomic E-state index is 13.3. The summed E-state index contributed by atoms with van der Waals surface area (Å²) in [5.74, 6) is -0.743. The molecule has 3 atom stereocenters. The summed E-state index contributed by atoms with van der Waals surface area (Å²) in [5, 5.41) is 3.62. The van der Waals surface area contributed by atoms with Gasteiger partial charge < -0.3 is 24.3 Å². The first kappa shape index (κ1) is 20.4. The predicted octanol–water partition coefficient (Wildman–Crippen LogP) is 3.61. The van der Waals surface area contributed by atoms with Crippen molar-refractivity contribution in [1.29, 1.82) is 0 Å². The molecule has 0 amide bonds. The number of Topliss-reactive ketones (excluding diaryl/α,β-unsaturated/α-hetero) is 1. The molecular weight excluding hydrogens is 422 g/mol. The number of carbonyl (C=O) groups excluding carboxylic acids is 2. The third kappa shape index (κ3) is 3.70. The highest BCUT2D eigenvalue weighted by Gasteiger charge is 2.45. The van der Waals surface area contributed by atoms with Crippen LogP contribution >= 0.6 is 11.6 Å². The monoisotopic (exact) mass is 445 g/mol. The summed E-state index contributed by atoms with van der Waals surface area (Å²) < 4.78 is 22.2. The second kappa shape index (κ2) is 8.20. The Hall–Kier alpha value is -2.51. The van der Waals surface area contributed by atoms with Crippen LogP contribution in [-0.2, 0) is 19.1 Å². The highest BCUT2D eigenvalue weighted by Crippen LogP contribution is 2.49. The van der Waals surface area contributed by atoms with Crippen LogP contribution in [0.15, 0.2) is 35.7 Å². The van der Waals surface area contributed by atoms with Crippen LogP contribution < -0.4 is 14.8 Å². The number of carbonyl (C=O) groups is 2. The zero-order valence-electron chi connectivity index (χ0n) is 17.1. The lowest BCUT2D eigenvalue weighted by atomic mass is 9.71. The van der Waals surface area contributed by atoms with Gasteiger partial charge in [0.25, 0.3) is 0 Å². The number of nitrogens with one attached hydrogen (secondary N) is 1. The fourth-order valence-corrected chi connectivity index (χ4v) is 5.09. The molecule has 0 saturated carbocycles. The lowest BCUT2D eigenvalue weighted by Crippen LogP contribution is -2.41. The van der Waals surface area contributed by atoms with Crippen molar-refractivity contribution >= 4 is 23.4 Å². The second-order valence-corrected chi connectivity index (χ2v) is 8.67. The van der Waals surface area contributed by atoms with Gasteiger partial charge in [-0.05, 0) is 37.3 Å². The molecule has 3 heterocycles. The molecule has 0 radical (unpaired) electrons. The van der Waals surface area contributed by atoms with E-state index in [0.717, 1.165) is 31.4 Å². The minimum absolute atomic E-state index is 0.0110. The van der Waals surface area contributed by atoms with Gasteiger partial charge in [0, 0.05) is 47.0 Å². The van der Waals surface area contributed by atoms with Crippen molar-refractivity contribution in [2.24, 2.45) is 5.92 Å². The van der Waals surface area contributed by atoms with Crippen LogP contribution in [0.4, 0.5) is 0 Å². The zero-order chi connectivity index (χ0) is 21.5. The fourth-order valence-electron chi connectivity index (χ4n) is 4.82. The van der Waals surface area contributed by atoms with E-state index in [-0.39, 0.29) is 25.3 Å². The number of ketones is 1. The third-order valence-corrected chi connectivity index (χ3v) is 6.63. The average molecular weight is 446 g/mol. The Morgan fingerprint density at radius 2 is 2.03 bits per heavy atom. The molecule has 3 aliphatic heterocycles. The van der Waals surface area contributed by atoms with Crippen molar-refractivity contribution < 1.29 is 28.5 Å². The number of esters is 1. The Morgan fingerprint density at radius 3 is 2.81 bits per heavy atom. The van der Waals surface area contributed by atoms with Gasteiger partial charge in [0.05, 0.1) is 6.10 Å². The molecule has 0 aromatic heterocycles. The maximum atomic E-state index is 13.3. The molecular formula is C23H24ClNO6. The Balaban J connectivity index is 1.54. The van der Waals surface area contributed by atoms with Crippen molar-refractivity contribution in [2.45, 2.75) is 44.1 Å². The number of hydrogen-bond donors (Lipinski definition) is 1. The van der Waals surface area contributed by atoms with E-state index in [1.165, 1.54) is 0 Å². The molecule has 0 bridgehead atoms. The Kier molecular flexibility index (Phi) is 5.40. The molecule has 0 spiro atoms. The van der Waals surface area contributed by atoms with E-state index < -0.39 is 17.8 Å². The number of rotatable bonds is 4. The number of benzene rings is 1. The van der Waals surface area contributed by atoms with Crippen molar-refractivity contribution in [3.8, 4) is 11.5 Å². The van der Waals surface area contributed by atoms with Crippen molar-refractivity contribution in [3.05, 3.63) is 46.3 Å². The summed E-state index contributed by atoms with van der Waals surface area (Å²) in [6, 6.07) is 3.44. The van der Waals surface area contributed by atoms with E-state index in [0.29, 0.717) is 46.4 Å². The third-order valence-electron chi connectivity index (χ3n) is 6.30. The molecule has 1 N–H and O–H groups in total. The summed E-state index contributed by atoms with van der Waals surface area (Å²) in [6.45, 7) is 5.07. The minimum atomic E-state index is -0.792. The van der Waals surface area contributed by atoms with Gasteiger partial charge in [-0.2, -0.15) is 0 Å². The fraction of sp³-hybridized carbons (Fsp3) is 0.478. The van der Waals surface area contributed by atoms with Gasteiger partial charge in [0.1, 0.15) is 12.5 Å². The minimum Gasteiger partial charge on any atom is -0.462 e. The van der Waals surface area contributed by atoms with E-state index in [2.05, 4.69) is 11.9 Å². The Bertz CT molecular complexity index is 981. The number of hydrogen-bond acceptors (Lipinski definition) is 7. The number of ether oxygens (including phenoxy) is 4. The van der Waals surface area contributed by atoms with E-state index in [4.69, 9.17) is 30.5 Å². The standard InChI is InChI=1S/C23H24ClNO6/c1-12-20(23(27)29-10-13-4-3-7-28-13)21(22-16(25-12)5-2-6-17(22)26)14-8-18-19(9-15(14)24)31-11-30-18/h8-9,13,20-21,25H,1-7,10-11H2. The predicted molar refractivity (Wildman–Crippen MR) is 112 cm³/mol. The van der Waals surface area contributed by atoms with E-state index in [1.54, 1.807) is 12.1 Å². The zero-order valence-corrected chi connectivity index (χ0v) is 17.8. The summed E-state index contributed by atoms with van der Waals surface area (Å²) in [6.07, 6.45) is 3.64. The topological polar surface area (TPSA) is 83.1 Å². The first-order chi connectivity index (χ1) is 15.0. The maximum Gasteiger partial charge on any atom is 0.315 e. The van der Waals surface area contributed by atoms with E-state index in [1.807, 2.05) is 0 Å². The molecule has 164 valence electrons. The van der Waals surface area contributed by atoms with Crippen LogP contribution in [0.5, 0.6) is 11.5 Å². The Labute approximate surface area is 185 Å². The van der Waals surface area contributed by atoms with Crippen LogP contribution in [-0.4, -0.2) is 37.9 Å². The van der Waals surface area contributed by atoms with Crippen LogP contribution in [0.2, 0.25) is 5.02 Å². The van der Waals surface area contributed by atoms with Crippen LogP contribution in [0.1, 0.15) is 43.6 Å². The normalized spacial score (nSPS) is 27.2. The molecule has 1 aromatic carbocycles. The molecule has 8 heteroatoms. The highest BCUT2D eigenvalue weighted by atomic mass is 35.5. The van der Waals surface area contributed by atoms with Gasteiger partial charge in [-0.3, -0.25) is 9.59 Å². The summed E-state index contributed by atoms with van der Waals surface area (Å²) in [4.78, 5) is 26.3. The Morgan fingerprint density at radius 1 is 1.23 bits per heavy atom. The molecule has 1 aromatic rings. The molecule has 7 nitrogen and oxygen atoms in total. The van der Waals surface area contributed by atoms with E-state index >= 15 is 0 Å². The highest BCUT2D eigenvalue weighted by molar-refractivity contribution is 6.31. The summed E-state index contributed by atoms with van der Waals surface area (Å²) in [7, 11) is 0. The summed E-state index contributed by atoms with van der Waals surface area (Å²) >= 11 is 6.63. The van der Waals surface area contributed by atoms with Crippen LogP contribution in [0.3, 0.4) is 0 Å². The van der Waals surface area contributed by atoms with Crippen LogP contribution in [0, 0.1) is 5.92 Å². The van der Waals surface area contributed by atoms with E-state index in [9.17, 15) is 9.59 Å². The molecule has 1 fully saturated rings. The van der Waals surface area contributed by atoms with Crippen molar-refractivity contribution in [1.82, 2.24) is 5.32 Å². The number of fused-ring (bicyclic) bond motifs is 1. The van der Waals surface area contributed by atoms with Crippen molar-refractivity contribution in [2.75, 3.05) is 20.0 Å². The van der Waals surface area contributed by atoms with Gasteiger partial charge in [-0.25, -0.2) is 0 Å². The lowest BCUT2D eigenvalue weighted by molar-refractivity contribution is -0.151. The second-order valence-electron chi connectivity index (χ2n) is 8.27. The van der Waals surface area contributed by atoms with Crippen LogP contribution in [0.25, 0.3) is 0 Å². The lowest BCUT2D eigenvalue weighted by Gasteiger charge is -2.38. The first-order valence-electron chi connectivity index (χ1n) is 10.6. The SMILES string of the molecule is C=C1NC2=C(C(=O)CCC2)C(c2cc3c(cc2Cl)OCO3)C1C(=O)OCC1CCCO1. The molecule has 3 unspecified atom stereocenters. The molecule has 1 aliphatic carbocycles. The smallest absolute Gasteiger partial charge is 0.315 e. The number of halogens is 1. The van der Waals surface area contributed by atoms with Gasteiger partial charge in [0.2, 0.25) is 6.79 Å². The molecule has 1 saturated heterocycles. The van der Waals surface area contributed by atoms with Gasteiger partial charge >= 0.3 is 5.97 Å². The molecule has 31 heavy (non-hydrogen) atoms. The van der Waals surface area contributed by atoms with Crippen molar-refractivity contribution in [3.63, 3.8) is 0 Å². The largest absolute Gasteiger partial charge is 0.462 e. The van der Waals surface area contributed by atoms with Gasteiger partial charge in [-0.15, -0.1) is 0 Å². The van der Waals surface area contributed by atoms with Gasteiger partial charge in [-0.1, -0.05) is 18.2 Å². The number of allylic oxidation sites excluding steroid dienone is 2.